The minimum absolute atomic E-state index is 0.0155. The number of hydrogen-bond donors (Lipinski definition) is 1. The summed E-state index contributed by atoms with van der Waals surface area (Å²) in [6.07, 6.45) is 3.29. The first-order valence-electron chi connectivity index (χ1n) is 6.63. The molecule has 2 amide bonds. The summed E-state index contributed by atoms with van der Waals surface area (Å²) in [4.78, 5) is 29.5. The zero-order valence-corrected chi connectivity index (χ0v) is 12.3. The Kier molecular flexibility index (Phi) is 3.56. The maximum atomic E-state index is 12.7. The van der Waals surface area contributed by atoms with E-state index in [1.165, 1.54) is 4.90 Å². The number of aliphatic carboxylic acids is 1. The maximum absolute atomic E-state index is 12.7. The van der Waals surface area contributed by atoms with Gasteiger partial charge in [0.25, 0.3) is 0 Å². The largest absolute Gasteiger partial charge is 0.480 e. The summed E-state index contributed by atoms with van der Waals surface area (Å²) < 4.78 is 1.81. The van der Waals surface area contributed by atoms with Crippen LogP contribution in [-0.4, -0.2) is 57.7 Å². The summed E-state index contributed by atoms with van der Waals surface area (Å²) in [7, 11) is 3.38. The van der Waals surface area contributed by atoms with Gasteiger partial charge in [-0.3, -0.25) is 9.47 Å². The van der Waals surface area contributed by atoms with E-state index in [1.807, 2.05) is 20.9 Å². The van der Waals surface area contributed by atoms with Crippen LogP contribution in [0.15, 0.2) is 12.5 Å². The van der Waals surface area contributed by atoms with Gasteiger partial charge in [0.2, 0.25) is 5.82 Å². The molecule has 0 spiro atoms. The van der Waals surface area contributed by atoms with Gasteiger partial charge in [0.1, 0.15) is 12.7 Å². The average molecular weight is 281 g/mol. The van der Waals surface area contributed by atoms with E-state index in [0.717, 1.165) is 5.82 Å². The van der Waals surface area contributed by atoms with Crippen molar-refractivity contribution < 1.29 is 14.7 Å². The van der Waals surface area contributed by atoms with Crippen LogP contribution in [0.1, 0.15) is 13.8 Å². The molecule has 1 N–H and O–H groups in total. The number of aryl methyl sites for hydroxylation is 1. The molecule has 2 unspecified atom stereocenters. The second-order valence-corrected chi connectivity index (χ2v) is 5.84. The predicted octanol–water partition coefficient (Wildman–Crippen LogP) is 0.902. The molecule has 110 valence electrons. The van der Waals surface area contributed by atoms with Gasteiger partial charge < -0.3 is 5.11 Å². The number of amides is 2. The van der Waals surface area contributed by atoms with Gasteiger partial charge in [0.15, 0.2) is 6.04 Å². The summed E-state index contributed by atoms with van der Waals surface area (Å²) >= 11 is 0. The predicted molar refractivity (Wildman–Crippen MR) is 74.2 cm³/mol. The van der Waals surface area contributed by atoms with Crippen LogP contribution in [-0.2, 0) is 11.8 Å². The molecule has 0 radical (unpaired) electrons. The van der Waals surface area contributed by atoms with Crippen LogP contribution in [0, 0.1) is 5.92 Å². The summed E-state index contributed by atoms with van der Waals surface area (Å²) in [6.45, 7) is 4.85. The van der Waals surface area contributed by atoms with Crippen LogP contribution in [0.25, 0.3) is 0 Å². The molecule has 2 heterocycles. The third-order valence-electron chi connectivity index (χ3n) is 3.81. The topological polar surface area (TPSA) is 75.4 Å². The Morgan fingerprint density at radius 2 is 2.20 bits per heavy atom. The molecule has 20 heavy (non-hydrogen) atoms. The Bertz CT molecular complexity index is 539. The summed E-state index contributed by atoms with van der Waals surface area (Å²) in [6, 6.07) is -0.981. The van der Waals surface area contributed by atoms with Crippen LogP contribution in [0.2, 0.25) is 0 Å². The molecule has 7 nitrogen and oxygen atoms in total. The molecule has 0 bridgehead atoms. The lowest BCUT2D eigenvalue weighted by molar-refractivity contribution is -0.140. The molecule has 1 aromatic rings. The lowest BCUT2D eigenvalue weighted by Crippen LogP contribution is -2.55. The smallest absolute Gasteiger partial charge is 0.426 e. The average Bonchev–Trinajstić information content (AvgIpc) is 2.87. The van der Waals surface area contributed by atoms with Crippen LogP contribution < -0.4 is 4.48 Å². The minimum atomic E-state index is -0.966. The van der Waals surface area contributed by atoms with E-state index < -0.39 is 12.0 Å². The van der Waals surface area contributed by atoms with Gasteiger partial charge in [-0.1, -0.05) is 13.8 Å². The van der Waals surface area contributed by atoms with Gasteiger partial charge in [-0.25, -0.2) is 14.6 Å². The van der Waals surface area contributed by atoms with Gasteiger partial charge in [0, 0.05) is 20.0 Å². The second-order valence-electron chi connectivity index (χ2n) is 5.84. The normalized spacial score (nSPS) is 26.6. The minimum Gasteiger partial charge on any atom is -0.480 e. The fourth-order valence-corrected chi connectivity index (χ4v) is 3.00. The van der Waals surface area contributed by atoms with E-state index in [4.69, 9.17) is 0 Å². The highest BCUT2D eigenvalue weighted by Gasteiger charge is 2.56. The van der Waals surface area contributed by atoms with Crippen molar-refractivity contribution in [3.63, 3.8) is 0 Å². The lowest BCUT2D eigenvalue weighted by atomic mass is 10.1. The number of carbonyl (C=O) groups is 2. The van der Waals surface area contributed by atoms with Gasteiger partial charge in [-0.05, 0) is 0 Å². The molecule has 1 aliphatic rings. The van der Waals surface area contributed by atoms with E-state index in [9.17, 15) is 14.7 Å². The molecule has 2 atom stereocenters. The number of nitrogens with zero attached hydrogens (tertiary/aromatic N) is 4. The van der Waals surface area contributed by atoms with Crippen molar-refractivity contribution in [1.29, 1.82) is 0 Å². The first kappa shape index (κ1) is 14.5. The highest BCUT2D eigenvalue weighted by Crippen LogP contribution is 2.32. The van der Waals surface area contributed by atoms with Crippen molar-refractivity contribution >= 4 is 17.8 Å². The van der Waals surface area contributed by atoms with Crippen LogP contribution in [0.3, 0.4) is 0 Å². The molecule has 0 saturated carbocycles. The van der Waals surface area contributed by atoms with Crippen molar-refractivity contribution in [3.05, 3.63) is 12.5 Å². The molecular weight excluding hydrogens is 260 g/mol. The number of carboxylic acids is 1. The van der Waals surface area contributed by atoms with E-state index >= 15 is 0 Å². The number of carbonyl (C=O) groups excluding carboxylic acids is 1. The monoisotopic (exact) mass is 281 g/mol. The van der Waals surface area contributed by atoms with E-state index in [1.54, 1.807) is 24.1 Å². The Morgan fingerprint density at radius 1 is 1.55 bits per heavy atom. The number of rotatable bonds is 4. The van der Waals surface area contributed by atoms with Crippen molar-refractivity contribution in [2.24, 2.45) is 13.0 Å². The third kappa shape index (κ3) is 2.07. The Balaban J connectivity index is 2.52. The molecule has 0 aromatic carbocycles. The Labute approximate surface area is 118 Å². The fraction of sp³-hybridized carbons (Fsp3) is 0.615. The van der Waals surface area contributed by atoms with E-state index in [-0.39, 0.29) is 23.0 Å². The van der Waals surface area contributed by atoms with Crippen molar-refractivity contribution in [2.45, 2.75) is 19.9 Å². The zero-order valence-electron chi connectivity index (χ0n) is 12.3. The standard InChI is InChI=1S/C13H20N4O3/c1-9(2)6-17(11-5-14-8-15(11)3)7-10(12(18)19)16(4)13(17)20/h5,8-10H,6-7H2,1-4H3/p+1. The van der Waals surface area contributed by atoms with Crippen LogP contribution >= 0.6 is 0 Å². The fourth-order valence-electron chi connectivity index (χ4n) is 3.00. The first-order valence-corrected chi connectivity index (χ1v) is 6.63. The number of quaternary nitrogens is 1. The molecule has 7 heteroatoms. The number of hydrogen-bond acceptors (Lipinski definition) is 3. The number of urea groups is 1. The highest BCUT2D eigenvalue weighted by atomic mass is 16.4. The lowest BCUT2D eigenvalue weighted by Gasteiger charge is -2.30. The molecule has 1 fully saturated rings. The van der Waals surface area contributed by atoms with Gasteiger partial charge >= 0.3 is 12.0 Å². The number of carboxylic acid groups (broad SMARTS) is 1. The third-order valence-corrected chi connectivity index (χ3v) is 3.81. The Hall–Kier alpha value is -1.89. The van der Waals surface area contributed by atoms with Gasteiger partial charge in [0.05, 0.1) is 12.9 Å². The van der Waals surface area contributed by atoms with E-state index in [2.05, 4.69) is 4.98 Å². The van der Waals surface area contributed by atoms with E-state index in [0.29, 0.717) is 6.54 Å². The molecular formula is C13H21N4O3+. The van der Waals surface area contributed by atoms with Crippen molar-refractivity contribution in [1.82, 2.24) is 18.9 Å². The molecule has 1 aromatic heterocycles. The van der Waals surface area contributed by atoms with Crippen LogP contribution in [0.4, 0.5) is 10.6 Å². The van der Waals surface area contributed by atoms with Gasteiger partial charge in [-0.15, -0.1) is 0 Å². The summed E-state index contributed by atoms with van der Waals surface area (Å²) in [5.74, 6) is 0.0286. The first-order chi connectivity index (χ1) is 9.29. The Morgan fingerprint density at radius 3 is 2.60 bits per heavy atom. The van der Waals surface area contributed by atoms with Crippen molar-refractivity contribution in [2.75, 3.05) is 20.1 Å². The molecule has 2 rings (SSSR count). The SMILES string of the molecule is CC(C)C[N+]1(c2cncn2C)CC(C(=O)O)N(C)C1=O. The molecule has 1 aliphatic heterocycles. The quantitative estimate of drug-likeness (QED) is 0.832. The number of likely N-dealkylation sites (N-methyl/N-ethyl adjacent to an activating group) is 1. The number of imidazole rings is 1. The maximum Gasteiger partial charge on any atom is 0.426 e. The van der Waals surface area contributed by atoms with Crippen LogP contribution in [0.5, 0.6) is 0 Å². The molecule has 0 aliphatic carbocycles. The molecule has 1 saturated heterocycles. The van der Waals surface area contributed by atoms with Crippen molar-refractivity contribution in [3.8, 4) is 0 Å². The summed E-state index contributed by atoms with van der Waals surface area (Å²) in [5.41, 5.74) is 0. The highest BCUT2D eigenvalue weighted by molar-refractivity contribution is 5.94. The van der Waals surface area contributed by atoms with Gasteiger partial charge in [-0.2, -0.15) is 4.48 Å². The number of aromatic nitrogens is 2. The zero-order chi connectivity index (χ0) is 15.1. The summed E-state index contributed by atoms with van der Waals surface area (Å²) in [5, 5.41) is 9.31. The second kappa shape index (κ2) is 4.90.